The molecule has 26 heavy (non-hydrogen) atoms. The molecule has 2 aromatic carbocycles. The van der Waals surface area contributed by atoms with E-state index in [1.807, 2.05) is 6.92 Å². The zero-order valence-electron chi connectivity index (χ0n) is 14.3. The van der Waals surface area contributed by atoms with Gasteiger partial charge in [0.25, 0.3) is 5.91 Å². The van der Waals surface area contributed by atoms with Gasteiger partial charge in [-0.2, -0.15) is 0 Å². The predicted molar refractivity (Wildman–Crippen MR) is 101 cm³/mol. The maximum absolute atomic E-state index is 12.5. The van der Waals surface area contributed by atoms with E-state index in [4.69, 9.17) is 16.3 Å². The number of sulfone groups is 1. The molecule has 3 rings (SSSR count). The molecular weight excluding hydrogens is 374 g/mol. The van der Waals surface area contributed by atoms with Crippen LogP contribution >= 0.6 is 11.6 Å². The summed E-state index contributed by atoms with van der Waals surface area (Å²) in [5.41, 5.74) is 2.07. The van der Waals surface area contributed by atoms with Crippen molar-refractivity contribution in [3.05, 3.63) is 64.2 Å². The van der Waals surface area contributed by atoms with Crippen molar-refractivity contribution in [2.24, 2.45) is 0 Å². The molecule has 0 bridgehead atoms. The quantitative estimate of drug-likeness (QED) is 0.867. The van der Waals surface area contributed by atoms with Gasteiger partial charge in [-0.25, -0.2) is 8.42 Å². The van der Waals surface area contributed by atoms with Gasteiger partial charge in [-0.1, -0.05) is 23.7 Å². The van der Waals surface area contributed by atoms with Crippen molar-refractivity contribution < 1.29 is 17.9 Å². The van der Waals surface area contributed by atoms with Gasteiger partial charge in [0.15, 0.2) is 9.84 Å². The fraction of sp³-hybridized carbons (Fsp3) is 0.211. The van der Waals surface area contributed by atoms with Crippen molar-refractivity contribution in [2.45, 2.75) is 17.9 Å². The highest BCUT2D eigenvalue weighted by atomic mass is 35.5. The van der Waals surface area contributed by atoms with Crippen LogP contribution in [0.5, 0.6) is 5.75 Å². The minimum absolute atomic E-state index is 0.181. The molecule has 2 aromatic rings. The summed E-state index contributed by atoms with van der Waals surface area (Å²) in [7, 11) is -3.24. The number of fused-ring (bicyclic) bond motifs is 1. The number of carbonyl (C=O) groups is 1. The molecule has 1 amide bonds. The molecule has 1 atom stereocenters. The summed E-state index contributed by atoms with van der Waals surface area (Å²) in [6.07, 6.45) is 2.92. The van der Waals surface area contributed by atoms with Crippen molar-refractivity contribution in [1.29, 1.82) is 0 Å². The minimum Gasteiger partial charge on any atom is -0.488 e. The van der Waals surface area contributed by atoms with Gasteiger partial charge in [-0.3, -0.25) is 4.79 Å². The Kier molecular flexibility index (Phi) is 5.07. The molecule has 1 N–H and O–H groups in total. The summed E-state index contributed by atoms with van der Waals surface area (Å²) >= 11 is 5.98. The highest BCUT2D eigenvalue weighted by Gasteiger charge is 2.19. The number of hydrogen-bond donors (Lipinski definition) is 1. The number of carbonyl (C=O) groups excluding carboxylic acids is 1. The van der Waals surface area contributed by atoms with Crippen LogP contribution in [0.3, 0.4) is 0 Å². The average molecular weight is 392 g/mol. The molecule has 136 valence electrons. The first-order valence-corrected chi connectivity index (χ1v) is 10.2. The van der Waals surface area contributed by atoms with Crippen LogP contribution in [-0.2, 0) is 14.6 Å². The third kappa shape index (κ3) is 4.08. The second-order valence-electron chi connectivity index (χ2n) is 6.18. The van der Waals surface area contributed by atoms with Crippen molar-refractivity contribution in [2.75, 3.05) is 12.9 Å². The smallest absolute Gasteiger partial charge is 0.251 e. The van der Waals surface area contributed by atoms with Gasteiger partial charge in [0.05, 0.1) is 16.5 Å². The van der Waals surface area contributed by atoms with Crippen molar-refractivity contribution in [1.82, 2.24) is 5.32 Å². The Morgan fingerprint density at radius 3 is 2.54 bits per heavy atom. The van der Waals surface area contributed by atoms with Crippen LogP contribution < -0.4 is 10.1 Å². The van der Waals surface area contributed by atoms with Crippen molar-refractivity contribution in [3.63, 3.8) is 0 Å². The Hall–Kier alpha value is -2.31. The summed E-state index contributed by atoms with van der Waals surface area (Å²) in [5, 5.41) is 3.47. The molecule has 1 aliphatic heterocycles. The van der Waals surface area contributed by atoms with E-state index in [2.05, 4.69) is 5.32 Å². The fourth-order valence-electron chi connectivity index (χ4n) is 2.66. The lowest BCUT2D eigenvalue weighted by Crippen LogP contribution is -2.30. The molecule has 0 aromatic heterocycles. The molecular formula is C19H18ClNO4S. The summed E-state index contributed by atoms with van der Waals surface area (Å²) in [6.45, 7) is 2.02. The van der Waals surface area contributed by atoms with Crippen LogP contribution in [0.15, 0.2) is 52.9 Å². The maximum atomic E-state index is 12.5. The Labute approximate surface area is 157 Å². The molecule has 0 saturated carbocycles. The van der Waals surface area contributed by atoms with Gasteiger partial charge < -0.3 is 10.1 Å². The van der Waals surface area contributed by atoms with E-state index in [-0.39, 0.29) is 23.5 Å². The Balaban J connectivity index is 1.73. The van der Waals surface area contributed by atoms with Gasteiger partial charge in [-0.15, -0.1) is 0 Å². The SMILES string of the molecule is C[C@@H](NC(=O)C1=Cc2cc(Cl)ccc2OC1)c1ccc(S(C)(=O)=O)cc1. The number of rotatable bonds is 4. The number of hydrogen-bond acceptors (Lipinski definition) is 4. The van der Waals surface area contributed by atoms with E-state index >= 15 is 0 Å². The van der Waals surface area contributed by atoms with E-state index in [1.54, 1.807) is 36.4 Å². The van der Waals surface area contributed by atoms with E-state index in [0.29, 0.717) is 16.3 Å². The van der Waals surface area contributed by atoms with Crippen LogP contribution in [-0.4, -0.2) is 27.2 Å². The number of halogens is 1. The molecule has 1 heterocycles. The Bertz CT molecular complexity index is 981. The first kappa shape index (κ1) is 18.5. The normalized spacial score (nSPS) is 14.7. The second kappa shape index (κ2) is 7.13. The van der Waals surface area contributed by atoms with Gasteiger partial charge in [0.2, 0.25) is 0 Å². The third-order valence-electron chi connectivity index (χ3n) is 4.13. The molecule has 5 nitrogen and oxygen atoms in total. The lowest BCUT2D eigenvalue weighted by atomic mass is 10.1. The first-order valence-electron chi connectivity index (χ1n) is 7.98. The minimum atomic E-state index is -3.24. The average Bonchev–Trinajstić information content (AvgIpc) is 2.60. The Morgan fingerprint density at radius 2 is 1.88 bits per heavy atom. The number of nitrogens with one attached hydrogen (secondary N) is 1. The predicted octanol–water partition coefficient (Wildman–Crippen LogP) is 3.40. The van der Waals surface area contributed by atoms with Gasteiger partial charge >= 0.3 is 0 Å². The van der Waals surface area contributed by atoms with Crippen LogP contribution in [0.2, 0.25) is 5.02 Å². The first-order chi connectivity index (χ1) is 12.2. The highest BCUT2D eigenvalue weighted by Crippen LogP contribution is 2.29. The lowest BCUT2D eigenvalue weighted by molar-refractivity contribution is -0.118. The second-order valence-corrected chi connectivity index (χ2v) is 8.63. The number of amides is 1. The molecule has 1 aliphatic rings. The monoisotopic (exact) mass is 391 g/mol. The lowest BCUT2D eigenvalue weighted by Gasteiger charge is -2.20. The summed E-state index contributed by atoms with van der Waals surface area (Å²) in [5.74, 6) is 0.450. The Morgan fingerprint density at radius 1 is 1.19 bits per heavy atom. The van der Waals surface area contributed by atoms with Crippen molar-refractivity contribution >= 4 is 33.4 Å². The molecule has 0 saturated heterocycles. The summed E-state index contributed by atoms with van der Waals surface area (Å²) in [6, 6.07) is 11.4. The van der Waals surface area contributed by atoms with Crippen LogP contribution in [0, 0.1) is 0 Å². The van der Waals surface area contributed by atoms with E-state index < -0.39 is 9.84 Å². The molecule has 0 fully saturated rings. The molecule has 0 aliphatic carbocycles. The molecule has 0 unspecified atom stereocenters. The summed E-state index contributed by atoms with van der Waals surface area (Å²) in [4.78, 5) is 12.8. The van der Waals surface area contributed by atoms with Crippen LogP contribution in [0.4, 0.5) is 0 Å². The number of benzene rings is 2. The van der Waals surface area contributed by atoms with Gasteiger partial charge in [0, 0.05) is 16.8 Å². The van der Waals surface area contributed by atoms with E-state index in [0.717, 1.165) is 17.4 Å². The van der Waals surface area contributed by atoms with Crippen molar-refractivity contribution in [3.8, 4) is 5.75 Å². The van der Waals surface area contributed by atoms with Crippen LogP contribution in [0.25, 0.3) is 6.08 Å². The van der Waals surface area contributed by atoms with Gasteiger partial charge in [0.1, 0.15) is 12.4 Å². The number of ether oxygens (including phenoxy) is 1. The van der Waals surface area contributed by atoms with Crippen LogP contribution in [0.1, 0.15) is 24.1 Å². The standard InChI is InChI=1S/C19H18ClNO4S/c1-12(13-3-6-17(7-4-13)26(2,23)24)21-19(22)15-9-14-10-16(20)5-8-18(14)25-11-15/h3-10,12H,11H2,1-2H3,(H,21,22)/t12-/m1/s1. The maximum Gasteiger partial charge on any atom is 0.251 e. The van der Waals surface area contributed by atoms with E-state index in [9.17, 15) is 13.2 Å². The zero-order chi connectivity index (χ0) is 18.9. The molecule has 7 heteroatoms. The van der Waals surface area contributed by atoms with Gasteiger partial charge in [-0.05, 0) is 48.9 Å². The zero-order valence-corrected chi connectivity index (χ0v) is 15.9. The highest BCUT2D eigenvalue weighted by molar-refractivity contribution is 7.90. The molecule has 0 radical (unpaired) electrons. The van der Waals surface area contributed by atoms with E-state index in [1.165, 1.54) is 12.1 Å². The third-order valence-corrected chi connectivity index (χ3v) is 5.50. The topological polar surface area (TPSA) is 72.5 Å². The largest absolute Gasteiger partial charge is 0.488 e. The fourth-order valence-corrected chi connectivity index (χ4v) is 3.47. The molecule has 0 spiro atoms. The summed E-state index contributed by atoms with van der Waals surface area (Å²) < 4.78 is 28.6.